The van der Waals surface area contributed by atoms with E-state index in [4.69, 9.17) is 4.74 Å². The van der Waals surface area contributed by atoms with Gasteiger partial charge < -0.3 is 20.5 Å². The maximum absolute atomic E-state index is 11.6. The van der Waals surface area contributed by atoms with Gasteiger partial charge in [0.15, 0.2) is 0 Å². The number of nitrogens with one attached hydrogen (secondary N) is 2. The second-order valence-corrected chi connectivity index (χ2v) is 5.89. The largest absolute Gasteiger partial charge is 0.480 e. The number of ether oxygens (including phenoxy) is 1. The standard InChI is InChI=1S/C20H24N2O4/c23-19(24)18(22-17-11-5-2-6-12-17)13-7-8-14-21-20(25)26-15-16-9-3-1-4-10-16/h1-6,9-12,18,22H,7-8,13-15H2,(H,21,25)(H,23,24)/t18-/m0/s1. The zero-order valence-corrected chi connectivity index (χ0v) is 14.6. The van der Waals surface area contributed by atoms with Crippen molar-refractivity contribution < 1.29 is 19.4 Å². The lowest BCUT2D eigenvalue weighted by atomic mass is 10.1. The van der Waals surface area contributed by atoms with E-state index in [-0.39, 0.29) is 6.61 Å². The Hall–Kier alpha value is -3.02. The van der Waals surface area contributed by atoms with Crippen LogP contribution in [0, 0.1) is 0 Å². The van der Waals surface area contributed by atoms with Crippen molar-refractivity contribution in [1.29, 1.82) is 0 Å². The van der Waals surface area contributed by atoms with Gasteiger partial charge >= 0.3 is 12.1 Å². The van der Waals surface area contributed by atoms with Gasteiger partial charge in [-0.25, -0.2) is 9.59 Å². The Morgan fingerprint density at radius 1 is 0.962 bits per heavy atom. The third-order valence-corrected chi connectivity index (χ3v) is 3.81. The van der Waals surface area contributed by atoms with Crippen molar-refractivity contribution in [3.8, 4) is 0 Å². The Morgan fingerprint density at radius 2 is 1.62 bits per heavy atom. The molecule has 0 unspecified atom stereocenters. The number of carboxylic acids is 1. The second-order valence-electron chi connectivity index (χ2n) is 5.89. The van der Waals surface area contributed by atoms with Gasteiger partial charge in [-0.05, 0) is 37.0 Å². The van der Waals surface area contributed by atoms with E-state index in [1.54, 1.807) is 0 Å². The molecule has 2 rings (SSSR count). The zero-order chi connectivity index (χ0) is 18.6. The summed E-state index contributed by atoms with van der Waals surface area (Å²) in [4.78, 5) is 23.0. The number of alkyl carbamates (subject to hydrolysis) is 1. The zero-order valence-electron chi connectivity index (χ0n) is 14.6. The van der Waals surface area contributed by atoms with E-state index in [2.05, 4.69) is 10.6 Å². The van der Waals surface area contributed by atoms with Crippen LogP contribution in [-0.2, 0) is 16.1 Å². The summed E-state index contributed by atoms with van der Waals surface area (Å²) in [6.07, 6.45) is 1.37. The van der Waals surface area contributed by atoms with Crippen LogP contribution in [0.1, 0.15) is 24.8 Å². The molecule has 0 aliphatic rings. The van der Waals surface area contributed by atoms with Crippen LogP contribution in [-0.4, -0.2) is 29.8 Å². The lowest BCUT2D eigenvalue weighted by molar-refractivity contribution is -0.138. The topological polar surface area (TPSA) is 87.7 Å². The smallest absolute Gasteiger partial charge is 0.407 e. The van der Waals surface area contributed by atoms with Gasteiger partial charge in [0, 0.05) is 12.2 Å². The first-order valence-electron chi connectivity index (χ1n) is 8.64. The van der Waals surface area contributed by atoms with Gasteiger partial charge in [-0.1, -0.05) is 48.5 Å². The van der Waals surface area contributed by atoms with E-state index in [9.17, 15) is 14.7 Å². The summed E-state index contributed by atoms with van der Waals surface area (Å²) in [6, 6.07) is 18.1. The molecule has 0 fully saturated rings. The fourth-order valence-electron chi connectivity index (χ4n) is 2.43. The highest BCUT2D eigenvalue weighted by molar-refractivity contribution is 5.77. The van der Waals surface area contributed by atoms with Crippen molar-refractivity contribution in [1.82, 2.24) is 5.32 Å². The summed E-state index contributed by atoms with van der Waals surface area (Å²) in [7, 11) is 0. The number of rotatable bonds is 10. The van der Waals surface area contributed by atoms with Crippen LogP contribution >= 0.6 is 0 Å². The molecule has 0 aliphatic heterocycles. The van der Waals surface area contributed by atoms with Crippen LogP contribution in [0.25, 0.3) is 0 Å². The maximum Gasteiger partial charge on any atom is 0.407 e. The molecule has 0 saturated carbocycles. The third kappa shape index (κ3) is 7.25. The lowest BCUT2D eigenvalue weighted by Crippen LogP contribution is -2.30. The van der Waals surface area contributed by atoms with E-state index in [1.165, 1.54) is 0 Å². The quantitative estimate of drug-likeness (QED) is 0.566. The number of carboxylic acid groups (broad SMARTS) is 1. The molecule has 2 aromatic carbocycles. The Bertz CT molecular complexity index is 677. The highest BCUT2D eigenvalue weighted by Crippen LogP contribution is 2.11. The molecule has 138 valence electrons. The number of carbonyl (C=O) groups excluding carboxylic acids is 1. The fraction of sp³-hybridized carbons (Fsp3) is 0.300. The minimum atomic E-state index is -0.885. The molecule has 0 heterocycles. The maximum atomic E-state index is 11.6. The highest BCUT2D eigenvalue weighted by atomic mass is 16.5. The Balaban J connectivity index is 1.60. The van der Waals surface area contributed by atoms with Gasteiger partial charge in [-0.2, -0.15) is 0 Å². The molecule has 1 amide bonds. The predicted octanol–water partition coefficient (Wildman–Crippen LogP) is 3.65. The number of aliphatic carboxylic acids is 1. The van der Waals surface area contributed by atoms with Crippen LogP contribution in [0.15, 0.2) is 60.7 Å². The van der Waals surface area contributed by atoms with Crippen molar-refractivity contribution in [2.24, 2.45) is 0 Å². The molecular formula is C20H24N2O4. The number of anilines is 1. The number of hydrogen-bond donors (Lipinski definition) is 3. The first-order valence-corrected chi connectivity index (χ1v) is 8.64. The van der Waals surface area contributed by atoms with Gasteiger partial charge in [0.2, 0.25) is 0 Å². The highest BCUT2D eigenvalue weighted by Gasteiger charge is 2.16. The van der Waals surface area contributed by atoms with E-state index in [0.717, 1.165) is 11.3 Å². The van der Waals surface area contributed by atoms with Crippen LogP contribution in [0.3, 0.4) is 0 Å². The monoisotopic (exact) mass is 356 g/mol. The molecule has 6 nitrogen and oxygen atoms in total. The van der Waals surface area contributed by atoms with E-state index in [1.807, 2.05) is 60.7 Å². The first-order chi connectivity index (χ1) is 12.6. The number of unbranched alkanes of at least 4 members (excludes halogenated alkanes) is 1. The van der Waals surface area contributed by atoms with Crippen LogP contribution in [0.2, 0.25) is 0 Å². The number of para-hydroxylation sites is 1. The third-order valence-electron chi connectivity index (χ3n) is 3.81. The van der Waals surface area contributed by atoms with Gasteiger partial charge in [-0.3, -0.25) is 0 Å². The fourth-order valence-corrected chi connectivity index (χ4v) is 2.43. The molecule has 0 aliphatic carbocycles. The van der Waals surface area contributed by atoms with Crippen LogP contribution < -0.4 is 10.6 Å². The molecule has 0 aromatic heterocycles. The van der Waals surface area contributed by atoms with Crippen molar-refractivity contribution in [3.63, 3.8) is 0 Å². The van der Waals surface area contributed by atoms with Gasteiger partial charge in [0.25, 0.3) is 0 Å². The molecule has 0 saturated heterocycles. The molecular weight excluding hydrogens is 332 g/mol. The van der Waals surface area contributed by atoms with Crippen molar-refractivity contribution in [3.05, 3.63) is 66.2 Å². The number of benzene rings is 2. The summed E-state index contributed by atoms with van der Waals surface area (Å²) in [5.41, 5.74) is 1.71. The first kappa shape index (κ1) is 19.3. The van der Waals surface area contributed by atoms with Crippen LogP contribution in [0.5, 0.6) is 0 Å². The van der Waals surface area contributed by atoms with Crippen molar-refractivity contribution >= 4 is 17.7 Å². The summed E-state index contributed by atoms with van der Waals surface area (Å²) in [5, 5.41) is 15.0. The molecule has 0 spiro atoms. The average molecular weight is 356 g/mol. The normalized spacial score (nSPS) is 11.4. The van der Waals surface area contributed by atoms with E-state index >= 15 is 0 Å². The predicted molar refractivity (Wildman–Crippen MR) is 100.0 cm³/mol. The molecule has 26 heavy (non-hydrogen) atoms. The molecule has 3 N–H and O–H groups in total. The number of carbonyl (C=O) groups is 2. The Kier molecular flexibility index (Phi) is 7.99. The summed E-state index contributed by atoms with van der Waals surface area (Å²) in [5.74, 6) is -0.885. The number of amides is 1. The number of hydrogen-bond acceptors (Lipinski definition) is 4. The van der Waals surface area contributed by atoms with Gasteiger partial charge in [-0.15, -0.1) is 0 Å². The van der Waals surface area contributed by atoms with E-state index in [0.29, 0.717) is 25.8 Å². The second kappa shape index (κ2) is 10.8. The SMILES string of the molecule is O=C(NCCCC[C@H](Nc1ccccc1)C(=O)O)OCc1ccccc1. The average Bonchev–Trinajstić information content (AvgIpc) is 2.66. The lowest BCUT2D eigenvalue weighted by Gasteiger charge is -2.15. The Morgan fingerprint density at radius 3 is 2.27 bits per heavy atom. The summed E-state index contributed by atoms with van der Waals surface area (Å²) >= 11 is 0. The molecule has 2 aromatic rings. The molecule has 0 radical (unpaired) electrons. The summed E-state index contributed by atoms with van der Waals surface area (Å²) < 4.78 is 5.12. The molecule has 0 bridgehead atoms. The van der Waals surface area contributed by atoms with Crippen molar-refractivity contribution in [2.45, 2.75) is 31.9 Å². The molecule has 1 atom stereocenters. The van der Waals surface area contributed by atoms with E-state index < -0.39 is 18.1 Å². The van der Waals surface area contributed by atoms with Crippen molar-refractivity contribution in [2.75, 3.05) is 11.9 Å². The van der Waals surface area contributed by atoms with Crippen LogP contribution in [0.4, 0.5) is 10.5 Å². The van der Waals surface area contributed by atoms with Gasteiger partial charge in [0.05, 0.1) is 0 Å². The summed E-state index contributed by atoms with van der Waals surface area (Å²) in [6.45, 7) is 0.681. The minimum Gasteiger partial charge on any atom is -0.480 e. The molecule has 6 heteroatoms. The minimum absolute atomic E-state index is 0.231. The Labute approximate surface area is 153 Å². The van der Waals surface area contributed by atoms with Gasteiger partial charge in [0.1, 0.15) is 12.6 Å².